The molecule has 7 heteroatoms. The van der Waals surface area contributed by atoms with E-state index in [-0.39, 0.29) is 12.1 Å². The van der Waals surface area contributed by atoms with E-state index in [2.05, 4.69) is 0 Å². The highest BCUT2D eigenvalue weighted by Crippen LogP contribution is 2.32. The second-order valence-electron chi connectivity index (χ2n) is 4.67. The van der Waals surface area contributed by atoms with Crippen LogP contribution in [0.3, 0.4) is 0 Å². The van der Waals surface area contributed by atoms with Crippen molar-refractivity contribution in [1.82, 2.24) is 4.90 Å². The normalized spacial score (nSPS) is 19.1. The molecule has 20 heavy (non-hydrogen) atoms. The van der Waals surface area contributed by atoms with Crippen molar-refractivity contribution < 1.29 is 22.3 Å². The van der Waals surface area contributed by atoms with Gasteiger partial charge in [-0.1, -0.05) is 0 Å². The number of alkyl halides is 3. The van der Waals surface area contributed by atoms with E-state index in [4.69, 9.17) is 10.5 Å². The van der Waals surface area contributed by atoms with Crippen LogP contribution in [0.1, 0.15) is 17.2 Å². The number of rotatable bonds is 3. The molecule has 0 saturated carbocycles. The average Bonchev–Trinajstić information content (AvgIpc) is 2.39. The Balaban J connectivity index is 2.31. The van der Waals surface area contributed by atoms with Crippen molar-refractivity contribution in [2.24, 2.45) is 5.73 Å². The lowest BCUT2D eigenvalue weighted by Gasteiger charge is -2.34. The van der Waals surface area contributed by atoms with E-state index in [1.54, 1.807) is 0 Å². The fourth-order valence-corrected chi connectivity index (χ4v) is 2.35. The van der Waals surface area contributed by atoms with E-state index in [1.165, 1.54) is 0 Å². The molecule has 3 nitrogen and oxygen atoms in total. The molecule has 0 bridgehead atoms. The quantitative estimate of drug-likeness (QED) is 0.868. The number of hydrogen-bond donors (Lipinski definition) is 1. The molecule has 1 unspecified atom stereocenters. The zero-order valence-corrected chi connectivity index (χ0v) is 10.8. The molecular weight excluding hydrogens is 276 g/mol. The Morgan fingerprint density at radius 3 is 2.40 bits per heavy atom. The predicted octanol–water partition coefficient (Wildman–Crippen LogP) is 2.18. The molecule has 1 fully saturated rings. The third kappa shape index (κ3) is 3.47. The third-order valence-corrected chi connectivity index (χ3v) is 3.34. The van der Waals surface area contributed by atoms with Crippen LogP contribution < -0.4 is 5.73 Å². The van der Waals surface area contributed by atoms with Crippen LogP contribution in [0.25, 0.3) is 0 Å². The summed E-state index contributed by atoms with van der Waals surface area (Å²) in [7, 11) is 0. The Bertz CT molecular complexity index is 458. The van der Waals surface area contributed by atoms with Crippen LogP contribution in [-0.4, -0.2) is 37.7 Å². The Morgan fingerprint density at radius 2 is 1.85 bits per heavy atom. The van der Waals surface area contributed by atoms with Crippen molar-refractivity contribution in [3.63, 3.8) is 0 Å². The Hall–Kier alpha value is -1.18. The highest BCUT2D eigenvalue weighted by molar-refractivity contribution is 5.29. The maximum atomic E-state index is 13.4. The van der Waals surface area contributed by atoms with Gasteiger partial charge in [-0.05, 0) is 23.8 Å². The first kappa shape index (κ1) is 15.2. The zero-order chi connectivity index (χ0) is 14.8. The summed E-state index contributed by atoms with van der Waals surface area (Å²) >= 11 is 0. The summed E-state index contributed by atoms with van der Waals surface area (Å²) in [4.78, 5) is 1.92. The fourth-order valence-electron chi connectivity index (χ4n) is 2.35. The summed E-state index contributed by atoms with van der Waals surface area (Å²) in [6.45, 7) is 2.26. The van der Waals surface area contributed by atoms with Gasteiger partial charge in [0.1, 0.15) is 5.82 Å². The topological polar surface area (TPSA) is 38.5 Å². The van der Waals surface area contributed by atoms with Crippen molar-refractivity contribution in [3.8, 4) is 0 Å². The number of nitrogens with two attached hydrogens (primary N) is 1. The van der Waals surface area contributed by atoms with Gasteiger partial charge < -0.3 is 10.5 Å². The second kappa shape index (κ2) is 6.07. The Kier molecular flexibility index (Phi) is 4.62. The first-order valence-corrected chi connectivity index (χ1v) is 6.31. The number of nitrogens with zero attached hydrogens (tertiary/aromatic N) is 1. The predicted molar refractivity (Wildman–Crippen MR) is 65.6 cm³/mol. The van der Waals surface area contributed by atoms with E-state index in [0.717, 1.165) is 12.1 Å². The highest BCUT2D eigenvalue weighted by Gasteiger charge is 2.32. The minimum Gasteiger partial charge on any atom is -0.379 e. The van der Waals surface area contributed by atoms with Gasteiger partial charge in [-0.15, -0.1) is 0 Å². The molecule has 1 aliphatic heterocycles. The molecule has 112 valence electrons. The minimum atomic E-state index is -4.57. The second-order valence-corrected chi connectivity index (χ2v) is 4.67. The van der Waals surface area contributed by atoms with Crippen molar-refractivity contribution in [1.29, 1.82) is 0 Å². The molecule has 1 heterocycles. The number of halogens is 4. The zero-order valence-electron chi connectivity index (χ0n) is 10.8. The number of ether oxygens (including phenoxy) is 1. The van der Waals surface area contributed by atoms with Gasteiger partial charge in [0.2, 0.25) is 0 Å². The summed E-state index contributed by atoms with van der Waals surface area (Å²) in [6.07, 6.45) is -4.57. The van der Waals surface area contributed by atoms with Gasteiger partial charge in [0.15, 0.2) is 0 Å². The Morgan fingerprint density at radius 1 is 1.20 bits per heavy atom. The SMILES string of the molecule is NCC(c1cc(F)cc(C(F)(F)F)c1)N1CCOCC1. The Labute approximate surface area is 114 Å². The highest BCUT2D eigenvalue weighted by atomic mass is 19.4. The van der Waals surface area contributed by atoms with Crippen LogP contribution in [0.2, 0.25) is 0 Å². The van der Waals surface area contributed by atoms with Crippen molar-refractivity contribution in [3.05, 3.63) is 35.1 Å². The van der Waals surface area contributed by atoms with E-state index in [0.29, 0.717) is 32.4 Å². The molecule has 0 aromatic heterocycles. The molecule has 1 aromatic rings. The largest absolute Gasteiger partial charge is 0.416 e. The van der Waals surface area contributed by atoms with Gasteiger partial charge in [0.25, 0.3) is 0 Å². The lowest BCUT2D eigenvalue weighted by molar-refractivity contribution is -0.137. The van der Waals surface area contributed by atoms with Gasteiger partial charge in [0, 0.05) is 25.7 Å². The maximum absolute atomic E-state index is 13.4. The summed E-state index contributed by atoms with van der Waals surface area (Å²) in [5.41, 5.74) is 4.92. The van der Waals surface area contributed by atoms with E-state index in [1.807, 2.05) is 4.90 Å². The number of benzene rings is 1. The molecule has 1 atom stereocenters. The van der Waals surface area contributed by atoms with E-state index >= 15 is 0 Å². The van der Waals surface area contributed by atoms with Gasteiger partial charge >= 0.3 is 6.18 Å². The van der Waals surface area contributed by atoms with Crippen LogP contribution in [0.5, 0.6) is 0 Å². The lowest BCUT2D eigenvalue weighted by Crippen LogP contribution is -2.41. The fraction of sp³-hybridized carbons (Fsp3) is 0.538. The number of morpholine rings is 1. The summed E-state index contributed by atoms with van der Waals surface area (Å²) < 4.78 is 56.8. The monoisotopic (exact) mass is 292 g/mol. The molecule has 1 aromatic carbocycles. The first-order chi connectivity index (χ1) is 9.41. The molecule has 2 N–H and O–H groups in total. The molecule has 0 amide bonds. The first-order valence-electron chi connectivity index (χ1n) is 6.31. The summed E-state index contributed by atoms with van der Waals surface area (Å²) in [5.74, 6) is -0.901. The van der Waals surface area contributed by atoms with Crippen LogP contribution in [0.15, 0.2) is 18.2 Å². The summed E-state index contributed by atoms with van der Waals surface area (Å²) in [5, 5.41) is 0. The van der Waals surface area contributed by atoms with Gasteiger partial charge in [-0.3, -0.25) is 4.90 Å². The average molecular weight is 292 g/mol. The van der Waals surface area contributed by atoms with E-state index in [9.17, 15) is 17.6 Å². The minimum absolute atomic E-state index is 0.126. The smallest absolute Gasteiger partial charge is 0.379 e. The summed E-state index contributed by atoms with van der Waals surface area (Å²) in [6, 6.07) is 2.14. The van der Waals surface area contributed by atoms with Gasteiger partial charge in [0.05, 0.1) is 18.8 Å². The molecule has 0 aliphatic carbocycles. The maximum Gasteiger partial charge on any atom is 0.416 e. The lowest BCUT2D eigenvalue weighted by atomic mass is 10.0. The third-order valence-electron chi connectivity index (χ3n) is 3.34. The molecule has 2 rings (SSSR count). The molecule has 1 saturated heterocycles. The van der Waals surface area contributed by atoms with E-state index < -0.39 is 23.6 Å². The van der Waals surface area contributed by atoms with Gasteiger partial charge in [-0.25, -0.2) is 4.39 Å². The van der Waals surface area contributed by atoms with Crippen LogP contribution >= 0.6 is 0 Å². The van der Waals surface area contributed by atoms with Crippen LogP contribution in [0, 0.1) is 5.82 Å². The molecule has 0 radical (unpaired) electrons. The number of hydrogen-bond acceptors (Lipinski definition) is 3. The standard InChI is InChI=1S/C13H16F4N2O/c14-11-6-9(5-10(7-11)13(15,16)17)12(8-18)19-1-3-20-4-2-19/h5-7,12H,1-4,8,18H2. The van der Waals surface area contributed by atoms with Gasteiger partial charge in [-0.2, -0.15) is 13.2 Å². The van der Waals surface area contributed by atoms with Crippen LogP contribution in [0.4, 0.5) is 17.6 Å². The molecule has 1 aliphatic rings. The van der Waals surface area contributed by atoms with Crippen LogP contribution in [-0.2, 0) is 10.9 Å². The van der Waals surface area contributed by atoms with Crippen molar-refractivity contribution in [2.45, 2.75) is 12.2 Å². The molecule has 0 spiro atoms. The van der Waals surface area contributed by atoms with Crippen molar-refractivity contribution >= 4 is 0 Å². The van der Waals surface area contributed by atoms with Crippen molar-refractivity contribution in [2.75, 3.05) is 32.8 Å². The molecular formula is C13H16F4N2O.